The number of carbonyl (C=O) groups is 1. The highest BCUT2D eigenvalue weighted by atomic mass is 19.1. The van der Waals surface area contributed by atoms with E-state index in [0.717, 1.165) is 0 Å². The van der Waals surface area contributed by atoms with Crippen molar-refractivity contribution in [2.45, 2.75) is 18.9 Å². The quantitative estimate of drug-likeness (QED) is 0.622. The molecule has 17 heavy (non-hydrogen) atoms. The van der Waals surface area contributed by atoms with Gasteiger partial charge in [-0.1, -0.05) is 0 Å². The summed E-state index contributed by atoms with van der Waals surface area (Å²) in [5.74, 6) is -0.562. The molecule has 5 heteroatoms. The smallest absolute Gasteiger partial charge is 0.308 e. The number of hydrogen-bond donors (Lipinski definition) is 2. The molecule has 0 saturated heterocycles. The molecule has 0 radical (unpaired) electrons. The number of methoxy groups -OCH3 is 1. The lowest BCUT2D eigenvalue weighted by Crippen LogP contribution is -2.40. The van der Waals surface area contributed by atoms with Crippen molar-refractivity contribution >= 4 is 17.3 Å². The Kier molecular flexibility index (Phi) is 3.17. The first-order valence-corrected chi connectivity index (χ1v) is 5.49. The molecule has 2 rings (SSSR count). The second-order valence-electron chi connectivity index (χ2n) is 4.26. The number of nitrogens with two attached hydrogens (primary N) is 1. The van der Waals surface area contributed by atoms with Gasteiger partial charge in [0.05, 0.1) is 24.4 Å². The van der Waals surface area contributed by atoms with Crippen LogP contribution in [-0.4, -0.2) is 19.1 Å². The van der Waals surface area contributed by atoms with Gasteiger partial charge in [0.25, 0.3) is 0 Å². The summed E-state index contributed by atoms with van der Waals surface area (Å²) < 4.78 is 17.7. The van der Waals surface area contributed by atoms with E-state index in [1.54, 1.807) is 0 Å². The largest absolute Gasteiger partial charge is 0.469 e. The van der Waals surface area contributed by atoms with Crippen LogP contribution in [0.3, 0.4) is 0 Å². The monoisotopic (exact) mass is 238 g/mol. The molecule has 1 aliphatic rings. The van der Waals surface area contributed by atoms with Gasteiger partial charge in [-0.15, -0.1) is 0 Å². The predicted molar refractivity (Wildman–Crippen MR) is 63.0 cm³/mol. The first-order valence-electron chi connectivity index (χ1n) is 5.49. The molecular weight excluding hydrogens is 223 g/mol. The summed E-state index contributed by atoms with van der Waals surface area (Å²) in [5, 5.41) is 3.12. The Morgan fingerprint density at radius 1 is 1.53 bits per heavy atom. The van der Waals surface area contributed by atoms with E-state index in [-0.39, 0.29) is 23.7 Å². The van der Waals surface area contributed by atoms with Crippen molar-refractivity contribution in [2.75, 3.05) is 18.2 Å². The molecule has 0 heterocycles. The van der Waals surface area contributed by atoms with Gasteiger partial charge in [-0.2, -0.15) is 0 Å². The molecule has 4 nitrogen and oxygen atoms in total. The van der Waals surface area contributed by atoms with Crippen LogP contribution in [0, 0.1) is 11.7 Å². The Bertz CT molecular complexity index is 431. The summed E-state index contributed by atoms with van der Waals surface area (Å²) in [6.45, 7) is 0. The van der Waals surface area contributed by atoms with Crippen LogP contribution in [0.5, 0.6) is 0 Å². The first kappa shape index (κ1) is 11.7. The predicted octanol–water partition coefficient (Wildman–Crippen LogP) is 1.77. The van der Waals surface area contributed by atoms with E-state index in [1.165, 1.54) is 25.3 Å². The molecule has 3 N–H and O–H groups in total. The topological polar surface area (TPSA) is 64.3 Å². The molecule has 1 aromatic rings. The highest BCUT2D eigenvalue weighted by molar-refractivity contribution is 5.74. The van der Waals surface area contributed by atoms with E-state index in [9.17, 15) is 9.18 Å². The number of halogens is 1. The zero-order chi connectivity index (χ0) is 12.4. The molecule has 1 saturated carbocycles. The number of ether oxygens (including phenoxy) is 1. The van der Waals surface area contributed by atoms with Crippen molar-refractivity contribution in [1.29, 1.82) is 0 Å². The van der Waals surface area contributed by atoms with Crippen molar-refractivity contribution < 1.29 is 13.9 Å². The zero-order valence-corrected chi connectivity index (χ0v) is 9.57. The van der Waals surface area contributed by atoms with E-state index in [4.69, 9.17) is 5.73 Å². The summed E-state index contributed by atoms with van der Waals surface area (Å²) >= 11 is 0. The molecule has 1 fully saturated rings. The van der Waals surface area contributed by atoms with Crippen molar-refractivity contribution in [3.63, 3.8) is 0 Å². The number of anilines is 2. The van der Waals surface area contributed by atoms with Gasteiger partial charge < -0.3 is 15.8 Å². The maximum Gasteiger partial charge on any atom is 0.308 e. The van der Waals surface area contributed by atoms with Crippen LogP contribution in [0.2, 0.25) is 0 Å². The van der Waals surface area contributed by atoms with Gasteiger partial charge in [-0.25, -0.2) is 4.39 Å². The standard InChI is InChI=1S/C12H15FN2O2/c1-17-12(16)7-4-9(5-7)15-11-6-8(13)2-3-10(11)14/h2-3,6-7,9,15H,4-5,14H2,1H3. The molecule has 0 aromatic heterocycles. The highest BCUT2D eigenvalue weighted by Crippen LogP contribution is 2.32. The summed E-state index contributed by atoms with van der Waals surface area (Å²) in [6.07, 6.45) is 1.39. The Hall–Kier alpha value is -1.78. The first-order chi connectivity index (χ1) is 8.10. The number of hydrogen-bond acceptors (Lipinski definition) is 4. The SMILES string of the molecule is COC(=O)C1CC(Nc2cc(F)ccc2N)C1. The van der Waals surface area contributed by atoms with E-state index in [2.05, 4.69) is 10.1 Å². The molecule has 1 aliphatic carbocycles. The van der Waals surface area contributed by atoms with Crippen LogP contribution in [-0.2, 0) is 9.53 Å². The minimum absolute atomic E-state index is 0.0488. The Labute approximate surface area is 98.9 Å². The third kappa shape index (κ3) is 2.49. The molecule has 92 valence electrons. The zero-order valence-electron chi connectivity index (χ0n) is 9.57. The van der Waals surface area contributed by atoms with Crippen LogP contribution in [0.1, 0.15) is 12.8 Å². The Morgan fingerprint density at radius 3 is 2.88 bits per heavy atom. The van der Waals surface area contributed by atoms with Gasteiger partial charge in [0, 0.05) is 6.04 Å². The number of carbonyl (C=O) groups excluding carboxylic acids is 1. The van der Waals surface area contributed by atoms with Gasteiger partial charge >= 0.3 is 5.97 Å². The normalized spacial score (nSPS) is 22.7. The molecular formula is C12H15FN2O2. The number of benzene rings is 1. The van der Waals surface area contributed by atoms with Crippen molar-refractivity contribution in [2.24, 2.45) is 5.92 Å². The number of nitrogen functional groups attached to an aromatic ring is 1. The van der Waals surface area contributed by atoms with Gasteiger partial charge in [-0.05, 0) is 31.0 Å². The summed E-state index contributed by atoms with van der Waals surface area (Å²) in [6, 6.07) is 4.36. The summed E-state index contributed by atoms with van der Waals surface area (Å²) in [5.41, 5.74) is 6.81. The van der Waals surface area contributed by atoms with Gasteiger partial charge in [0.15, 0.2) is 0 Å². The Morgan fingerprint density at radius 2 is 2.24 bits per heavy atom. The maximum atomic E-state index is 13.0. The van der Waals surface area contributed by atoms with Crippen LogP contribution in [0.15, 0.2) is 18.2 Å². The van der Waals surface area contributed by atoms with Gasteiger partial charge in [-0.3, -0.25) is 4.79 Å². The second-order valence-corrected chi connectivity index (χ2v) is 4.26. The average Bonchev–Trinajstić information content (AvgIpc) is 2.26. The van der Waals surface area contributed by atoms with Crippen LogP contribution in [0.25, 0.3) is 0 Å². The minimum Gasteiger partial charge on any atom is -0.469 e. The highest BCUT2D eigenvalue weighted by Gasteiger charge is 2.35. The number of esters is 1. The van der Waals surface area contributed by atoms with Crippen LogP contribution >= 0.6 is 0 Å². The summed E-state index contributed by atoms with van der Waals surface area (Å²) in [7, 11) is 1.38. The third-order valence-electron chi connectivity index (χ3n) is 3.05. The lowest BCUT2D eigenvalue weighted by molar-refractivity contribution is -0.148. The number of nitrogens with one attached hydrogen (secondary N) is 1. The molecule has 0 bridgehead atoms. The fraction of sp³-hybridized carbons (Fsp3) is 0.417. The van der Waals surface area contributed by atoms with Gasteiger partial charge in [0.2, 0.25) is 0 Å². The number of rotatable bonds is 3. The van der Waals surface area contributed by atoms with Gasteiger partial charge in [0.1, 0.15) is 5.82 Å². The molecule has 1 aromatic carbocycles. The van der Waals surface area contributed by atoms with Crippen molar-refractivity contribution in [3.8, 4) is 0 Å². The van der Waals surface area contributed by atoms with E-state index in [1.807, 2.05) is 0 Å². The fourth-order valence-corrected chi connectivity index (χ4v) is 1.97. The lowest BCUT2D eigenvalue weighted by Gasteiger charge is -2.34. The molecule has 0 amide bonds. The molecule has 0 unspecified atom stereocenters. The van der Waals surface area contributed by atoms with E-state index in [0.29, 0.717) is 24.2 Å². The molecule has 0 atom stereocenters. The minimum atomic E-state index is -0.328. The third-order valence-corrected chi connectivity index (χ3v) is 3.05. The molecule has 0 spiro atoms. The molecule has 0 aliphatic heterocycles. The van der Waals surface area contributed by atoms with Crippen LogP contribution in [0.4, 0.5) is 15.8 Å². The fourth-order valence-electron chi connectivity index (χ4n) is 1.97. The second kappa shape index (κ2) is 4.61. The maximum absolute atomic E-state index is 13.0. The van der Waals surface area contributed by atoms with Crippen LogP contribution < -0.4 is 11.1 Å². The summed E-state index contributed by atoms with van der Waals surface area (Å²) in [4.78, 5) is 11.2. The van der Waals surface area contributed by atoms with E-state index < -0.39 is 0 Å². The van der Waals surface area contributed by atoms with Crippen molar-refractivity contribution in [3.05, 3.63) is 24.0 Å². The van der Waals surface area contributed by atoms with Crippen molar-refractivity contribution in [1.82, 2.24) is 0 Å². The average molecular weight is 238 g/mol. The lowest BCUT2D eigenvalue weighted by atomic mass is 9.80. The van der Waals surface area contributed by atoms with E-state index >= 15 is 0 Å². The Balaban J connectivity index is 1.91.